The third-order valence-electron chi connectivity index (χ3n) is 3.79. The Morgan fingerprint density at radius 1 is 1.19 bits per heavy atom. The van der Waals surface area contributed by atoms with Crippen molar-refractivity contribution in [2.45, 2.75) is 65.8 Å². The van der Waals surface area contributed by atoms with Gasteiger partial charge < -0.3 is 15.0 Å². The van der Waals surface area contributed by atoms with Crippen molar-refractivity contribution in [1.29, 1.82) is 0 Å². The maximum absolute atomic E-state index is 5.93. The maximum Gasteiger partial charge on any atom is 0.0728 e. The number of hydrogen-bond donors (Lipinski definition) is 1. The Bertz CT molecular complexity index is 444. The summed E-state index contributed by atoms with van der Waals surface area (Å²) < 4.78 is 5.93. The largest absolute Gasteiger partial charge is 0.375 e. The Hall–Kier alpha value is -0.420. The zero-order chi connectivity index (χ0) is 16.3. The van der Waals surface area contributed by atoms with E-state index in [1.54, 1.807) is 0 Å². The summed E-state index contributed by atoms with van der Waals surface area (Å²) in [5, 5.41) is 3.54. The predicted molar refractivity (Wildman–Crippen MR) is 93.1 cm³/mol. The van der Waals surface area contributed by atoms with Crippen LogP contribution in [-0.4, -0.2) is 36.7 Å². The van der Waals surface area contributed by atoms with Crippen LogP contribution >= 0.6 is 11.3 Å². The van der Waals surface area contributed by atoms with Gasteiger partial charge in [-0.25, -0.2) is 0 Å². The summed E-state index contributed by atoms with van der Waals surface area (Å²) in [6, 6.07) is 2.28. The first kappa shape index (κ1) is 18.6. The molecule has 0 atom stereocenters. The molecule has 0 amide bonds. The second kappa shape index (κ2) is 7.23. The molecule has 0 aromatic carbocycles. The van der Waals surface area contributed by atoms with Gasteiger partial charge >= 0.3 is 0 Å². The average Bonchev–Trinajstić information content (AvgIpc) is 2.66. The van der Waals surface area contributed by atoms with Crippen LogP contribution in [0, 0.1) is 6.92 Å². The molecular formula is C17H32N2OS. The number of ether oxygens (including phenoxy) is 1. The molecule has 1 N–H and O–H groups in total. The van der Waals surface area contributed by atoms with Gasteiger partial charge in [-0.15, -0.1) is 11.3 Å². The molecule has 0 saturated heterocycles. The lowest BCUT2D eigenvalue weighted by Crippen LogP contribution is -2.42. The molecule has 0 aliphatic carbocycles. The Balaban J connectivity index is 2.51. The van der Waals surface area contributed by atoms with Gasteiger partial charge in [0.15, 0.2) is 0 Å². The summed E-state index contributed by atoms with van der Waals surface area (Å²) in [5.41, 5.74) is 1.55. The van der Waals surface area contributed by atoms with Crippen LogP contribution in [0.15, 0.2) is 6.07 Å². The summed E-state index contributed by atoms with van der Waals surface area (Å²) in [5.74, 6) is 0. The fraction of sp³-hybridized carbons (Fsp3) is 0.765. The number of aryl methyl sites for hydroxylation is 1. The van der Waals surface area contributed by atoms with Crippen LogP contribution in [0.1, 0.15) is 49.9 Å². The van der Waals surface area contributed by atoms with E-state index in [-0.39, 0.29) is 11.1 Å². The number of likely N-dealkylation sites (N-methyl/N-ethyl adjacent to an activating group) is 1. The predicted octanol–water partition coefficient (Wildman–Crippen LogP) is 3.80. The molecule has 21 heavy (non-hydrogen) atoms. The Kier molecular flexibility index (Phi) is 6.41. The van der Waals surface area contributed by atoms with Crippen molar-refractivity contribution in [1.82, 2.24) is 10.2 Å². The molecule has 122 valence electrons. The average molecular weight is 313 g/mol. The second-order valence-corrected chi connectivity index (χ2v) is 8.94. The van der Waals surface area contributed by atoms with Gasteiger partial charge in [0.05, 0.1) is 13.2 Å². The van der Waals surface area contributed by atoms with Crippen LogP contribution in [0.2, 0.25) is 0 Å². The highest BCUT2D eigenvalue weighted by molar-refractivity contribution is 7.12. The molecule has 0 fully saturated rings. The van der Waals surface area contributed by atoms with E-state index in [1.807, 2.05) is 11.3 Å². The van der Waals surface area contributed by atoms with Gasteiger partial charge in [0.1, 0.15) is 0 Å². The van der Waals surface area contributed by atoms with Gasteiger partial charge in [0.2, 0.25) is 0 Å². The lowest BCUT2D eigenvalue weighted by Gasteiger charge is -2.32. The van der Waals surface area contributed by atoms with E-state index in [2.05, 4.69) is 71.9 Å². The summed E-state index contributed by atoms with van der Waals surface area (Å²) in [6.07, 6.45) is 0. The smallest absolute Gasteiger partial charge is 0.0728 e. The van der Waals surface area contributed by atoms with Crippen LogP contribution in [0.3, 0.4) is 0 Å². The number of rotatable bonds is 7. The SMILES string of the molecule is Cc1sc(CNC(C)(C)C)cc1COCC(C)(C)N(C)C. The zero-order valence-electron chi connectivity index (χ0n) is 15.0. The monoisotopic (exact) mass is 312 g/mol. The van der Waals surface area contributed by atoms with Gasteiger partial charge in [0, 0.05) is 27.4 Å². The van der Waals surface area contributed by atoms with Gasteiger partial charge in [0.25, 0.3) is 0 Å². The normalized spacial score (nSPS) is 13.2. The first-order chi connectivity index (χ1) is 9.51. The van der Waals surface area contributed by atoms with E-state index in [9.17, 15) is 0 Å². The standard InChI is InChI=1S/C17H32N2OS/c1-13-14(11-20-12-17(5,6)19(7)8)9-15(21-13)10-18-16(2,3)4/h9,18H,10-12H2,1-8H3. The van der Waals surface area contributed by atoms with Crippen molar-refractivity contribution in [3.63, 3.8) is 0 Å². The molecule has 0 saturated carbocycles. The van der Waals surface area contributed by atoms with Gasteiger partial charge in [-0.2, -0.15) is 0 Å². The van der Waals surface area contributed by atoms with Gasteiger partial charge in [-0.1, -0.05) is 0 Å². The van der Waals surface area contributed by atoms with E-state index in [0.717, 1.165) is 13.2 Å². The molecule has 0 aliphatic rings. The summed E-state index contributed by atoms with van der Waals surface area (Å²) >= 11 is 1.87. The van der Waals surface area contributed by atoms with Gasteiger partial charge in [-0.3, -0.25) is 0 Å². The molecule has 1 aromatic heterocycles. The molecule has 1 heterocycles. The van der Waals surface area contributed by atoms with Crippen molar-refractivity contribution in [3.8, 4) is 0 Å². The third-order valence-corrected chi connectivity index (χ3v) is 4.88. The number of nitrogens with one attached hydrogen (secondary N) is 1. The van der Waals surface area contributed by atoms with Crippen molar-refractivity contribution >= 4 is 11.3 Å². The first-order valence-corrected chi connectivity index (χ1v) is 8.41. The van der Waals surface area contributed by atoms with Crippen molar-refractivity contribution in [2.24, 2.45) is 0 Å². The minimum absolute atomic E-state index is 0.0700. The third kappa shape index (κ3) is 6.47. The van der Waals surface area contributed by atoms with E-state index in [1.165, 1.54) is 15.3 Å². The molecule has 4 heteroatoms. The summed E-state index contributed by atoms with van der Waals surface area (Å²) in [7, 11) is 4.19. The van der Waals surface area contributed by atoms with Crippen molar-refractivity contribution in [2.75, 3.05) is 20.7 Å². The highest BCUT2D eigenvalue weighted by atomic mass is 32.1. The fourth-order valence-electron chi connectivity index (χ4n) is 1.71. The van der Waals surface area contributed by atoms with E-state index < -0.39 is 0 Å². The minimum atomic E-state index is 0.0700. The highest BCUT2D eigenvalue weighted by Crippen LogP contribution is 2.23. The van der Waals surface area contributed by atoms with Crippen LogP contribution in [0.4, 0.5) is 0 Å². The van der Waals surface area contributed by atoms with E-state index in [0.29, 0.717) is 6.61 Å². The first-order valence-electron chi connectivity index (χ1n) is 7.60. The van der Waals surface area contributed by atoms with Gasteiger partial charge in [-0.05, 0) is 67.3 Å². The minimum Gasteiger partial charge on any atom is -0.375 e. The molecular weight excluding hydrogens is 280 g/mol. The summed E-state index contributed by atoms with van der Waals surface area (Å²) in [6.45, 7) is 15.5. The lowest BCUT2D eigenvalue weighted by atomic mass is 10.1. The number of hydrogen-bond acceptors (Lipinski definition) is 4. The van der Waals surface area contributed by atoms with Crippen LogP contribution in [0.5, 0.6) is 0 Å². The van der Waals surface area contributed by atoms with Crippen molar-refractivity contribution in [3.05, 3.63) is 21.4 Å². The Morgan fingerprint density at radius 3 is 2.33 bits per heavy atom. The molecule has 0 radical (unpaired) electrons. The topological polar surface area (TPSA) is 24.5 Å². The van der Waals surface area contributed by atoms with Crippen LogP contribution < -0.4 is 5.32 Å². The number of nitrogens with zero attached hydrogens (tertiary/aromatic N) is 1. The molecule has 3 nitrogen and oxygen atoms in total. The second-order valence-electron chi connectivity index (χ2n) is 7.60. The highest BCUT2D eigenvalue weighted by Gasteiger charge is 2.20. The molecule has 0 unspecified atom stereocenters. The molecule has 0 bridgehead atoms. The van der Waals surface area contributed by atoms with E-state index in [4.69, 9.17) is 4.74 Å². The van der Waals surface area contributed by atoms with Crippen LogP contribution in [-0.2, 0) is 17.9 Å². The Morgan fingerprint density at radius 2 is 1.81 bits per heavy atom. The summed E-state index contributed by atoms with van der Waals surface area (Å²) in [4.78, 5) is 4.95. The Labute approximate surface area is 134 Å². The van der Waals surface area contributed by atoms with Crippen molar-refractivity contribution < 1.29 is 4.74 Å². The molecule has 1 aromatic rings. The number of thiophene rings is 1. The maximum atomic E-state index is 5.93. The lowest BCUT2D eigenvalue weighted by molar-refractivity contribution is 0.0274. The quantitative estimate of drug-likeness (QED) is 0.829. The zero-order valence-corrected chi connectivity index (χ0v) is 15.8. The van der Waals surface area contributed by atoms with Crippen LogP contribution in [0.25, 0.3) is 0 Å². The molecule has 0 spiro atoms. The van der Waals surface area contributed by atoms with E-state index >= 15 is 0 Å². The molecule has 0 aliphatic heterocycles. The fourth-order valence-corrected chi connectivity index (χ4v) is 2.70. The molecule has 1 rings (SSSR count).